The van der Waals surface area contributed by atoms with Gasteiger partial charge >= 0.3 is 0 Å². The molecule has 0 heterocycles. The van der Waals surface area contributed by atoms with E-state index in [0.29, 0.717) is 12.3 Å². The maximum absolute atomic E-state index is 9.82. The fourth-order valence-corrected chi connectivity index (χ4v) is 2.03. The van der Waals surface area contributed by atoms with Crippen LogP contribution in [0.3, 0.4) is 0 Å². The van der Waals surface area contributed by atoms with Crippen LogP contribution in [0.25, 0.3) is 0 Å². The summed E-state index contributed by atoms with van der Waals surface area (Å²) in [5.41, 5.74) is 1.16. The van der Waals surface area contributed by atoms with E-state index in [1.54, 1.807) is 7.11 Å². The van der Waals surface area contributed by atoms with E-state index >= 15 is 0 Å². The molecule has 2 atom stereocenters. The van der Waals surface area contributed by atoms with Gasteiger partial charge in [0.25, 0.3) is 0 Å². The van der Waals surface area contributed by atoms with E-state index in [0.717, 1.165) is 30.6 Å². The third-order valence-corrected chi connectivity index (χ3v) is 3.39. The molecule has 1 aliphatic carbocycles. The molecular formula is C14H20O3. The van der Waals surface area contributed by atoms with Crippen molar-refractivity contribution >= 4 is 0 Å². The number of hydrogen-bond acceptors (Lipinski definition) is 3. The smallest absolute Gasteiger partial charge is 0.118 e. The van der Waals surface area contributed by atoms with E-state index in [4.69, 9.17) is 4.74 Å². The normalized spacial score (nSPS) is 18.8. The van der Waals surface area contributed by atoms with Crippen LogP contribution < -0.4 is 4.74 Å². The fraction of sp³-hybridized carbons (Fsp3) is 0.571. The van der Waals surface area contributed by atoms with E-state index in [1.165, 1.54) is 0 Å². The number of benzene rings is 1. The van der Waals surface area contributed by atoms with Crippen LogP contribution >= 0.6 is 0 Å². The van der Waals surface area contributed by atoms with Crippen LogP contribution in [0.4, 0.5) is 0 Å². The van der Waals surface area contributed by atoms with Crippen molar-refractivity contribution in [3.63, 3.8) is 0 Å². The van der Waals surface area contributed by atoms with Crippen molar-refractivity contribution in [1.29, 1.82) is 0 Å². The van der Waals surface area contributed by atoms with Gasteiger partial charge in [0.05, 0.1) is 19.3 Å². The molecule has 0 bridgehead atoms. The second-order valence-electron chi connectivity index (χ2n) is 4.78. The molecule has 2 N–H and O–H groups in total. The highest BCUT2D eigenvalue weighted by Gasteiger charge is 2.33. The number of ether oxygens (including phenoxy) is 1. The van der Waals surface area contributed by atoms with Gasteiger partial charge in [-0.15, -0.1) is 0 Å². The molecule has 2 rings (SSSR count). The zero-order chi connectivity index (χ0) is 12.3. The van der Waals surface area contributed by atoms with E-state index < -0.39 is 12.2 Å². The molecule has 0 saturated heterocycles. The van der Waals surface area contributed by atoms with Crippen molar-refractivity contribution < 1.29 is 14.9 Å². The first kappa shape index (κ1) is 12.4. The van der Waals surface area contributed by atoms with E-state index in [9.17, 15) is 10.2 Å². The molecule has 1 fully saturated rings. The van der Waals surface area contributed by atoms with Crippen LogP contribution in [-0.2, 0) is 6.42 Å². The van der Waals surface area contributed by atoms with Crippen molar-refractivity contribution in [2.45, 2.75) is 37.9 Å². The lowest BCUT2D eigenvalue weighted by Crippen LogP contribution is -2.28. The summed E-state index contributed by atoms with van der Waals surface area (Å²) in [6.07, 6.45) is 2.39. The lowest BCUT2D eigenvalue weighted by atomic mass is 10.0. The van der Waals surface area contributed by atoms with Gasteiger partial charge in [-0.2, -0.15) is 0 Å². The third-order valence-electron chi connectivity index (χ3n) is 3.39. The highest BCUT2D eigenvalue weighted by molar-refractivity contribution is 5.27. The van der Waals surface area contributed by atoms with Gasteiger partial charge in [-0.05, 0) is 49.3 Å². The average Bonchev–Trinajstić information content (AvgIpc) is 3.20. The van der Waals surface area contributed by atoms with Gasteiger partial charge in [-0.25, -0.2) is 0 Å². The Balaban J connectivity index is 1.79. The zero-order valence-corrected chi connectivity index (χ0v) is 10.2. The first-order valence-electron chi connectivity index (χ1n) is 6.20. The SMILES string of the molecule is COc1ccc(CCC(O)C(O)C2CC2)cc1. The van der Waals surface area contributed by atoms with Crippen LogP contribution in [0.2, 0.25) is 0 Å². The Morgan fingerprint density at radius 2 is 1.88 bits per heavy atom. The summed E-state index contributed by atoms with van der Waals surface area (Å²) in [4.78, 5) is 0. The zero-order valence-electron chi connectivity index (χ0n) is 10.2. The van der Waals surface area contributed by atoms with Crippen molar-refractivity contribution in [3.05, 3.63) is 29.8 Å². The topological polar surface area (TPSA) is 49.7 Å². The van der Waals surface area contributed by atoms with Crippen molar-refractivity contribution in [2.24, 2.45) is 5.92 Å². The molecule has 1 saturated carbocycles. The predicted octanol–water partition coefficient (Wildman–Crippen LogP) is 1.76. The molecule has 17 heavy (non-hydrogen) atoms. The predicted molar refractivity (Wildman–Crippen MR) is 66.1 cm³/mol. The molecular weight excluding hydrogens is 216 g/mol. The average molecular weight is 236 g/mol. The molecule has 2 unspecified atom stereocenters. The van der Waals surface area contributed by atoms with Crippen LogP contribution in [0, 0.1) is 5.92 Å². The summed E-state index contributed by atoms with van der Waals surface area (Å²) in [7, 11) is 1.64. The van der Waals surface area contributed by atoms with Gasteiger partial charge in [0.15, 0.2) is 0 Å². The summed E-state index contributed by atoms with van der Waals surface area (Å²) in [6.45, 7) is 0. The number of aliphatic hydroxyl groups excluding tert-OH is 2. The molecule has 1 aromatic rings. The summed E-state index contributed by atoms with van der Waals surface area (Å²) >= 11 is 0. The lowest BCUT2D eigenvalue weighted by Gasteiger charge is -2.17. The van der Waals surface area contributed by atoms with Gasteiger partial charge in [0.1, 0.15) is 5.75 Å². The number of rotatable bonds is 6. The first-order valence-corrected chi connectivity index (χ1v) is 6.20. The monoisotopic (exact) mass is 236 g/mol. The Hall–Kier alpha value is -1.06. The second kappa shape index (κ2) is 5.52. The van der Waals surface area contributed by atoms with Gasteiger partial charge in [0.2, 0.25) is 0 Å². The summed E-state index contributed by atoms with van der Waals surface area (Å²) < 4.78 is 5.08. The molecule has 1 aliphatic rings. The molecule has 0 radical (unpaired) electrons. The van der Waals surface area contributed by atoms with Crippen LogP contribution in [0.15, 0.2) is 24.3 Å². The minimum Gasteiger partial charge on any atom is -0.497 e. The quantitative estimate of drug-likeness (QED) is 0.791. The largest absolute Gasteiger partial charge is 0.497 e. The van der Waals surface area contributed by atoms with Crippen molar-refractivity contribution in [2.75, 3.05) is 7.11 Å². The third kappa shape index (κ3) is 3.45. The Morgan fingerprint density at radius 1 is 1.24 bits per heavy atom. The molecule has 3 heteroatoms. The van der Waals surface area contributed by atoms with E-state index in [1.807, 2.05) is 24.3 Å². The second-order valence-corrected chi connectivity index (χ2v) is 4.78. The van der Waals surface area contributed by atoms with Gasteiger partial charge in [-0.1, -0.05) is 12.1 Å². The Bertz CT molecular complexity index is 343. The van der Waals surface area contributed by atoms with Crippen LogP contribution in [0.5, 0.6) is 5.75 Å². The highest BCUT2D eigenvalue weighted by atomic mass is 16.5. The number of hydrogen-bond donors (Lipinski definition) is 2. The minimum atomic E-state index is -0.593. The summed E-state index contributed by atoms with van der Waals surface area (Å²) in [6, 6.07) is 7.82. The summed E-state index contributed by atoms with van der Waals surface area (Å²) in [5, 5.41) is 19.6. The maximum atomic E-state index is 9.82. The lowest BCUT2D eigenvalue weighted by molar-refractivity contribution is 0.00188. The molecule has 0 spiro atoms. The van der Waals surface area contributed by atoms with Gasteiger partial charge < -0.3 is 14.9 Å². The molecule has 0 amide bonds. The van der Waals surface area contributed by atoms with Crippen molar-refractivity contribution in [1.82, 2.24) is 0 Å². The minimum absolute atomic E-state index is 0.334. The van der Waals surface area contributed by atoms with Gasteiger partial charge in [0, 0.05) is 0 Å². The van der Waals surface area contributed by atoms with E-state index in [-0.39, 0.29) is 0 Å². The molecule has 3 nitrogen and oxygen atoms in total. The summed E-state index contributed by atoms with van der Waals surface area (Å²) in [5.74, 6) is 1.17. The Morgan fingerprint density at radius 3 is 2.41 bits per heavy atom. The number of methoxy groups -OCH3 is 1. The Kier molecular flexibility index (Phi) is 4.02. The number of aryl methyl sites for hydroxylation is 1. The van der Waals surface area contributed by atoms with Crippen LogP contribution in [0.1, 0.15) is 24.8 Å². The molecule has 94 valence electrons. The standard InChI is InChI=1S/C14H20O3/c1-17-12-7-2-10(3-8-12)4-9-13(15)14(16)11-5-6-11/h2-3,7-8,11,13-16H,4-6,9H2,1H3. The number of aliphatic hydroxyl groups is 2. The molecule has 1 aromatic carbocycles. The van der Waals surface area contributed by atoms with Gasteiger partial charge in [-0.3, -0.25) is 0 Å². The van der Waals surface area contributed by atoms with E-state index in [2.05, 4.69) is 0 Å². The van der Waals surface area contributed by atoms with Crippen LogP contribution in [-0.4, -0.2) is 29.5 Å². The molecule has 0 aromatic heterocycles. The molecule has 0 aliphatic heterocycles. The fourth-order valence-electron chi connectivity index (χ4n) is 2.03. The van der Waals surface area contributed by atoms with Crippen molar-refractivity contribution in [3.8, 4) is 5.75 Å². The maximum Gasteiger partial charge on any atom is 0.118 e. The Labute approximate surface area is 102 Å². The first-order chi connectivity index (χ1) is 8.20. The highest BCUT2D eigenvalue weighted by Crippen LogP contribution is 2.34.